The molecule has 70 valence electrons. The summed E-state index contributed by atoms with van der Waals surface area (Å²) in [5.41, 5.74) is 1.92. The molecule has 0 aliphatic carbocycles. The van der Waals surface area contributed by atoms with Crippen LogP contribution >= 0.6 is 0 Å². The quantitative estimate of drug-likeness (QED) is 0.673. The van der Waals surface area contributed by atoms with Gasteiger partial charge in [-0.1, -0.05) is 31.2 Å². The molecule has 0 bridgehead atoms. The molecule has 14 heavy (non-hydrogen) atoms. The molecule has 0 saturated heterocycles. The molecule has 2 aromatic rings. The van der Waals surface area contributed by atoms with Gasteiger partial charge in [0.05, 0.1) is 5.52 Å². The van der Waals surface area contributed by atoms with Gasteiger partial charge in [-0.3, -0.25) is 4.98 Å². The van der Waals surface area contributed by atoms with Crippen LogP contribution in [-0.2, 0) is 4.79 Å². The fourth-order valence-electron chi connectivity index (χ4n) is 1.57. The molecule has 0 fully saturated rings. The first-order chi connectivity index (χ1) is 6.83. The SMILES string of the molecule is CC(C=O)c1cccc2cccnc12. The van der Waals surface area contributed by atoms with Crippen LogP contribution in [0.15, 0.2) is 36.5 Å². The maximum atomic E-state index is 10.7. The van der Waals surface area contributed by atoms with Crippen LogP contribution in [-0.4, -0.2) is 11.3 Å². The highest BCUT2D eigenvalue weighted by Gasteiger charge is 2.07. The molecule has 0 amide bonds. The lowest BCUT2D eigenvalue weighted by atomic mass is 9.99. The van der Waals surface area contributed by atoms with E-state index in [0.717, 1.165) is 22.8 Å². The van der Waals surface area contributed by atoms with Crippen LogP contribution in [0.4, 0.5) is 0 Å². The summed E-state index contributed by atoms with van der Waals surface area (Å²) in [5.74, 6) is -0.0893. The van der Waals surface area contributed by atoms with Crippen molar-refractivity contribution in [1.82, 2.24) is 4.98 Å². The number of nitrogens with zero attached hydrogens (tertiary/aromatic N) is 1. The van der Waals surface area contributed by atoms with Crippen molar-refractivity contribution in [2.24, 2.45) is 0 Å². The number of carbonyl (C=O) groups is 1. The topological polar surface area (TPSA) is 30.0 Å². The Morgan fingerprint density at radius 2 is 2.07 bits per heavy atom. The molecule has 0 spiro atoms. The third-order valence-corrected chi connectivity index (χ3v) is 2.36. The second kappa shape index (κ2) is 3.58. The van der Waals surface area contributed by atoms with E-state index in [1.54, 1.807) is 6.20 Å². The molecule has 0 saturated carbocycles. The number of para-hydroxylation sites is 1. The maximum Gasteiger partial charge on any atom is 0.127 e. The summed E-state index contributed by atoms with van der Waals surface area (Å²) in [5, 5.41) is 1.08. The van der Waals surface area contributed by atoms with Gasteiger partial charge in [-0.05, 0) is 11.6 Å². The molecular weight excluding hydrogens is 174 g/mol. The van der Waals surface area contributed by atoms with E-state index < -0.39 is 0 Å². The molecule has 0 aliphatic rings. The van der Waals surface area contributed by atoms with E-state index in [-0.39, 0.29) is 5.92 Å². The summed E-state index contributed by atoms with van der Waals surface area (Å²) in [4.78, 5) is 15.0. The largest absolute Gasteiger partial charge is 0.303 e. The first-order valence-corrected chi connectivity index (χ1v) is 4.62. The van der Waals surface area contributed by atoms with Crippen molar-refractivity contribution in [3.05, 3.63) is 42.1 Å². The van der Waals surface area contributed by atoms with Crippen LogP contribution in [0, 0.1) is 0 Å². The van der Waals surface area contributed by atoms with Crippen molar-refractivity contribution in [3.63, 3.8) is 0 Å². The lowest BCUT2D eigenvalue weighted by molar-refractivity contribution is -0.108. The first kappa shape index (κ1) is 8.88. The predicted molar refractivity (Wildman–Crippen MR) is 56.2 cm³/mol. The zero-order valence-electron chi connectivity index (χ0n) is 7.97. The monoisotopic (exact) mass is 185 g/mol. The van der Waals surface area contributed by atoms with Gasteiger partial charge < -0.3 is 4.79 Å². The van der Waals surface area contributed by atoms with Gasteiger partial charge in [0, 0.05) is 17.5 Å². The van der Waals surface area contributed by atoms with E-state index in [1.165, 1.54) is 0 Å². The van der Waals surface area contributed by atoms with Gasteiger partial charge in [0.25, 0.3) is 0 Å². The van der Waals surface area contributed by atoms with Crippen molar-refractivity contribution >= 4 is 17.2 Å². The molecule has 1 aromatic heterocycles. The standard InChI is InChI=1S/C12H11NO/c1-9(8-14)11-6-2-4-10-5-3-7-13-12(10)11/h2-9H,1H3. The Morgan fingerprint density at radius 3 is 2.86 bits per heavy atom. The molecule has 2 nitrogen and oxygen atoms in total. The van der Waals surface area contributed by atoms with Gasteiger partial charge in [-0.2, -0.15) is 0 Å². The van der Waals surface area contributed by atoms with Gasteiger partial charge in [0.15, 0.2) is 0 Å². The first-order valence-electron chi connectivity index (χ1n) is 4.62. The zero-order valence-corrected chi connectivity index (χ0v) is 7.97. The van der Waals surface area contributed by atoms with E-state index >= 15 is 0 Å². The van der Waals surface area contributed by atoms with Crippen LogP contribution < -0.4 is 0 Å². The smallest absolute Gasteiger partial charge is 0.127 e. The fraction of sp³-hybridized carbons (Fsp3) is 0.167. The number of carbonyl (C=O) groups excluding carboxylic acids is 1. The third kappa shape index (κ3) is 1.39. The number of pyridine rings is 1. The number of benzene rings is 1. The van der Waals surface area contributed by atoms with E-state index in [2.05, 4.69) is 4.98 Å². The highest BCUT2D eigenvalue weighted by molar-refractivity contribution is 5.84. The average Bonchev–Trinajstić information content (AvgIpc) is 2.27. The molecule has 2 rings (SSSR count). The van der Waals surface area contributed by atoms with E-state index in [9.17, 15) is 4.79 Å². The summed E-state index contributed by atoms with van der Waals surface area (Å²) in [6.45, 7) is 1.89. The Hall–Kier alpha value is -1.70. The number of hydrogen-bond donors (Lipinski definition) is 0. The van der Waals surface area contributed by atoms with Crippen LogP contribution in [0.5, 0.6) is 0 Å². The van der Waals surface area contributed by atoms with Crippen molar-refractivity contribution in [2.45, 2.75) is 12.8 Å². The molecule has 1 heterocycles. The average molecular weight is 185 g/mol. The van der Waals surface area contributed by atoms with Crippen molar-refractivity contribution in [1.29, 1.82) is 0 Å². The number of fused-ring (bicyclic) bond motifs is 1. The Balaban J connectivity index is 2.70. The second-order valence-corrected chi connectivity index (χ2v) is 3.35. The minimum Gasteiger partial charge on any atom is -0.303 e. The van der Waals surface area contributed by atoms with E-state index in [1.807, 2.05) is 37.3 Å². The Labute approximate surface area is 82.6 Å². The minimum atomic E-state index is -0.0893. The molecular formula is C12H11NO. The van der Waals surface area contributed by atoms with Gasteiger partial charge in [-0.25, -0.2) is 0 Å². The lowest BCUT2D eigenvalue weighted by Gasteiger charge is -2.06. The molecule has 1 atom stereocenters. The molecule has 0 radical (unpaired) electrons. The molecule has 0 aliphatic heterocycles. The van der Waals surface area contributed by atoms with Gasteiger partial charge in [0.2, 0.25) is 0 Å². The predicted octanol–water partition coefficient (Wildman–Crippen LogP) is 2.54. The van der Waals surface area contributed by atoms with Gasteiger partial charge in [-0.15, -0.1) is 0 Å². The molecule has 1 aromatic carbocycles. The number of rotatable bonds is 2. The molecule has 0 N–H and O–H groups in total. The summed E-state index contributed by atoms with van der Waals surface area (Å²) in [6, 6.07) is 9.82. The summed E-state index contributed by atoms with van der Waals surface area (Å²) in [7, 11) is 0. The van der Waals surface area contributed by atoms with Crippen molar-refractivity contribution in [2.75, 3.05) is 0 Å². The maximum absolute atomic E-state index is 10.7. The van der Waals surface area contributed by atoms with Crippen LogP contribution in [0.3, 0.4) is 0 Å². The Morgan fingerprint density at radius 1 is 1.29 bits per heavy atom. The fourth-order valence-corrected chi connectivity index (χ4v) is 1.57. The number of aldehydes is 1. The van der Waals surface area contributed by atoms with Crippen molar-refractivity contribution < 1.29 is 4.79 Å². The Kier molecular flexibility index (Phi) is 2.27. The van der Waals surface area contributed by atoms with E-state index in [0.29, 0.717) is 0 Å². The van der Waals surface area contributed by atoms with Crippen LogP contribution in [0.2, 0.25) is 0 Å². The van der Waals surface area contributed by atoms with E-state index in [4.69, 9.17) is 0 Å². The van der Waals surface area contributed by atoms with Gasteiger partial charge >= 0.3 is 0 Å². The third-order valence-electron chi connectivity index (χ3n) is 2.36. The van der Waals surface area contributed by atoms with Crippen molar-refractivity contribution in [3.8, 4) is 0 Å². The van der Waals surface area contributed by atoms with Crippen LogP contribution in [0.1, 0.15) is 18.4 Å². The number of aromatic nitrogens is 1. The Bertz CT molecular complexity index is 459. The van der Waals surface area contributed by atoms with Gasteiger partial charge in [0.1, 0.15) is 6.29 Å². The lowest BCUT2D eigenvalue weighted by Crippen LogP contribution is -1.96. The molecule has 2 heteroatoms. The normalized spacial score (nSPS) is 12.6. The number of hydrogen-bond acceptors (Lipinski definition) is 2. The zero-order chi connectivity index (χ0) is 9.97. The highest BCUT2D eigenvalue weighted by Crippen LogP contribution is 2.21. The van der Waals surface area contributed by atoms with Crippen LogP contribution in [0.25, 0.3) is 10.9 Å². The highest BCUT2D eigenvalue weighted by atomic mass is 16.1. The summed E-state index contributed by atoms with van der Waals surface area (Å²) in [6.07, 6.45) is 2.70. The second-order valence-electron chi connectivity index (χ2n) is 3.35. The summed E-state index contributed by atoms with van der Waals surface area (Å²) < 4.78 is 0. The summed E-state index contributed by atoms with van der Waals surface area (Å²) >= 11 is 0. The molecule has 1 unspecified atom stereocenters. The minimum absolute atomic E-state index is 0.0893.